The second kappa shape index (κ2) is 8.27. The lowest BCUT2D eigenvalue weighted by molar-refractivity contribution is 0.254. The molecule has 1 unspecified atom stereocenters. The second-order valence-electron chi connectivity index (χ2n) is 6.75. The maximum Gasteiger partial charge on any atom is 0.191 e. The van der Waals surface area contributed by atoms with Crippen molar-refractivity contribution in [3.63, 3.8) is 0 Å². The van der Waals surface area contributed by atoms with E-state index in [0.29, 0.717) is 12.5 Å². The summed E-state index contributed by atoms with van der Waals surface area (Å²) in [5.74, 6) is 3.24. The van der Waals surface area contributed by atoms with Gasteiger partial charge in [0, 0.05) is 30.6 Å². The third kappa shape index (κ3) is 4.26. The molecule has 0 spiro atoms. The highest BCUT2D eigenvalue weighted by molar-refractivity contribution is 14.0. The van der Waals surface area contributed by atoms with Crippen LogP contribution in [0.5, 0.6) is 11.5 Å². The molecule has 2 aliphatic rings. The normalized spacial score (nSPS) is 21.0. The maximum absolute atomic E-state index is 6.17. The number of likely N-dealkylation sites (tertiary alicyclic amines) is 1. The van der Waals surface area contributed by atoms with E-state index in [2.05, 4.69) is 29.8 Å². The highest BCUT2D eigenvalue weighted by Gasteiger charge is 2.22. The Kier molecular flexibility index (Phi) is 6.60. The van der Waals surface area contributed by atoms with Crippen LogP contribution in [0, 0.1) is 5.92 Å². The van der Waals surface area contributed by atoms with Crippen molar-refractivity contribution in [2.24, 2.45) is 16.6 Å². The van der Waals surface area contributed by atoms with Gasteiger partial charge >= 0.3 is 0 Å². The van der Waals surface area contributed by atoms with Gasteiger partial charge in [0.25, 0.3) is 0 Å². The molecule has 6 heteroatoms. The number of benzene rings is 1. The molecule has 0 saturated carbocycles. The Labute approximate surface area is 161 Å². The Bertz CT molecular complexity index is 598. The third-order valence-electron chi connectivity index (χ3n) is 4.82. The summed E-state index contributed by atoms with van der Waals surface area (Å²) in [5.41, 5.74) is 8.40. The van der Waals surface area contributed by atoms with Gasteiger partial charge in [-0.15, -0.1) is 24.0 Å². The summed E-state index contributed by atoms with van der Waals surface area (Å²) in [6, 6.07) is 4.12. The molecule has 0 radical (unpaired) electrons. The van der Waals surface area contributed by atoms with E-state index in [1.807, 2.05) is 6.07 Å². The largest absolute Gasteiger partial charge is 0.496 e. The summed E-state index contributed by atoms with van der Waals surface area (Å²) in [7, 11) is 1.70. The molecule has 134 valence electrons. The SMILES string of the molecule is COc1cc2c(cc1CN=C(N)N1CCC(C)CC1)OC(C)C2.I. The Hall–Kier alpha value is -1.18. The molecule has 5 nitrogen and oxygen atoms in total. The number of nitrogens with two attached hydrogens (primary N) is 1. The number of rotatable bonds is 3. The van der Waals surface area contributed by atoms with E-state index in [1.54, 1.807) is 7.11 Å². The van der Waals surface area contributed by atoms with E-state index in [-0.39, 0.29) is 30.1 Å². The van der Waals surface area contributed by atoms with Crippen molar-refractivity contribution in [1.82, 2.24) is 4.90 Å². The smallest absolute Gasteiger partial charge is 0.191 e. The van der Waals surface area contributed by atoms with Gasteiger partial charge < -0.3 is 20.1 Å². The number of fused-ring (bicyclic) bond motifs is 1. The van der Waals surface area contributed by atoms with Gasteiger partial charge in [0.15, 0.2) is 5.96 Å². The molecule has 1 fully saturated rings. The van der Waals surface area contributed by atoms with Crippen molar-refractivity contribution < 1.29 is 9.47 Å². The van der Waals surface area contributed by atoms with Crippen molar-refractivity contribution in [2.75, 3.05) is 20.2 Å². The highest BCUT2D eigenvalue weighted by atomic mass is 127. The number of halogens is 1. The Morgan fingerprint density at radius 2 is 2.04 bits per heavy atom. The van der Waals surface area contributed by atoms with Crippen molar-refractivity contribution in [1.29, 1.82) is 0 Å². The van der Waals surface area contributed by atoms with Crippen molar-refractivity contribution in [3.8, 4) is 11.5 Å². The van der Waals surface area contributed by atoms with Crippen LogP contribution in [0.2, 0.25) is 0 Å². The zero-order valence-electron chi connectivity index (χ0n) is 14.7. The summed E-state index contributed by atoms with van der Waals surface area (Å²) < 4.78 is 11.4. The van der Waals surface area contributed by atoms with Crippen molar-refractivity contribution in [2.45, 2.75) is 45.8 Å². The molecule has 0 amide bonds. The van der Waals surface area contributed by atoms with Crippen LogP contribution >= 0.6 is 24.0 Å². The van der Waals surface area contributed by atoms with E-state index in [0.717, 1.165) is 42.5 Å². The summed E-state index contributed by atoms with van der Waals surface area (Å²) >= 11 is 0. The molecule has 0 bridgehead atoms. The van der Waals surface area contributed by atoms with Crippen LogP contribution in [0.4, 0.5) is 0 Å². The third-order valence-corrected chi connectivity index (χ3v) is 4.82. The van der Waals surface area contributed by atoms with Gasteiger partial charge in [-0.2, -0.15) is 0 Å². The maximum atomic E-state index is 6.17. The molecular weight excluding hydrogens is 417 g/mol. The van der Waals surface area contributed by atoms with Gasteiger partial charge in [-0.1, -0.05) is 6.92 Å². The quantitative estimate of drug-likeness (QED) is 0.441. The second-order valence-corrected chi connectivity index (χ2v) is 6.75. The van der Waals surface area contributed by atoms with Gasteiger partial charge in [0.1, 0.15) is 17.6 Å². The minimum absolute atomic E-state index is 0. The lowest BCUT2D eigenvalue weighted by Gasteiger charge is -2.31. The van der Waals surface area contributed by atoms with E-state index in [9.17, 15) is 0 Å². The van der Waals surface area contributed by atoms with Gasteiger partial charge in [0.2, 0.25) is 0 Å². The molecule has 24 heavy (non-hydrogen) atoms. The lowest BCUT2D eigenvalue weighted by atomic mass is 10.00. The molecule has 1 saturated heterocycles. The minimum Gasteiger partial charge on any atom is -0.496 e. The van der Waals surface area contributed by atoms with Crippen LogP contribution in [0.3, 0.4) is 0 Å². The number of methoxy groups -OCH3 is 1. The van der Waals surface area contributed by atoms with Crippen molar-refractivity contribution >= 4 is 29.9 Å². The average Bonchev–Trinajstić information content (AvgIpc) is 2.91. The summed E-state index contributed by atoms with van der Waals surface area (Å²) in [5, 5.41) is 0. The van der Waals surface area contributed by atoms with Crippen molar-refractivity contribution in [3.05, 3.63) is 23.3 Å². The van der Waals surface area contributed by atoms with Crippen LogP contribution in [0.1, 0.15) is 37.8 Å². The van der Waals surface area contributed by atoms with E-state index in [4.69, 9.17) is 15.2 Å². The van der Waals surface area contributed by atoms with E-state index < -0.39 is 0 Å². The Morgan fingerprint density at radius 3 is 2.71 bits per heavy atom. The van der Waals surface area contributed by atoms with Gasteiger partial charge in [0.05, 0.1) is 13.7 Å². The van der Waals surface area contributed by atoms with Crippen LogP contribution in [-0.4, -0.2) is 37.2 Å². The van der Waals surface area contributed by atoms with Crippen LogP contribution in [-0.2, 0) is 13.0 Å². The lowest BCUT2D eigenvalue weighted by Crippen LogP contribution is -2.42. The molecule has 2 aliphatic heterocycles. The van der Waals surface area contributed by atoms with Crippen LogP contribution in [0.25, 0.3) is 0 Å². The number of ether oxygens (including phenoxy) is 2. The fourth-order valence-corrected chi connectivity index (χ4v) is 3.30. The molecule has 2 heterocycles. The topological polar surface area (TPSA) is 60.1 Å². The Balaban J connectivity index is 0.00000208. The number of hydrogen-bond acceptors (Lipinski definition) is 3. The van der Waals surface area contributed by atoms with Gasteiger partial charge in [-0.05, 0) is 37.8 Å². The first kappa shape index (κ1) is 19.1. The minimum atomic E-state index is 0. The number of guanidine groups is 1. The first-order valence-electron chi connectivity index (χ1n) is 8.48. The predicted molar refractivity (Wildman–Crippen MR) is 108 cm³/mol. The number of nitrogens with zero attached hydrogens (tertiary/aromatic N) is 2. The number of piperidine rings is 1. The molecule has 1 atom stereocenters. The summed E-state index contributed by atoms with van der Waals surface area (Å²) in [4.78, 5) is 6.76. The number of hydrogen-bond donors (Lipinski definition) is 1. The van der Waals surface area contributed by atoms with E-state index >= 15 is 0 Å². The van der Waals surface area contributed by atoms with Crippen LogP contribution < -0.4 is 15.2 Å². The summed E-state index contributed by atoms with van der Waals surface area (Å²) in [6.07, 6.45) is 3.53. The van der Waals surface area contributed by atoms with Gasteiger partial charge in [-0.25, -0.2) is 4.99 Å². The zero-order chi connectivity index (χ0) is 16.4. The van der Waals surface area contributed by atoms with E-state index in [1.165, 1.54) is 18.4 Å². The zero-order valence-corrected chi connectivity index (χ0v) is 17.1. The predicted octanol–water partition coefficient (Wildman–Crippen LogP) is 3.18. The molecule has 0 aromatic heterocycles. The van der Waals surface area contributed by atoms with Crippen LogP contribution in [0.15, 0.2) is 17.1 Å². The molecule has 3 rings (SSSR count). The molecule has 1 aromatic carbocycles. The molecule has 0 aliphatic carbocycles. The standard InChI is InChI=1S/C18H27N3O2.HI/c1-12-4-6-21(7-5-12)18(19)20-11-15-10-17-14(8-13(2)23-17)9-16(15)22-3;/h9-10,12-13H,4-8,11H2,1-3H3,(H2,19,20);1H. The molecule has 1 aromatic rings. The fraction of sp³-hybridized carbons (Fsp3) is 0.611. The summed E-state index contributed by atoms with van der Waals surface area (Å²) in [6.45, 7) is 6.89. The molecular formula is C18H28IN3O2. The fourth-order valence-electron chi connectivity index (χ4n) is 3.30. The van der Waals surface area contributed by atoms with Gasteiger partial charge in [-0.3, -0.25) is 0 Å². The average molecular weight is 445 g/mol. The number of aliphatic imine (C=N–C) groups is 1. The Morgan fingerprint density at radius 1 is 1.33 bits per heavy atom. The monoisotopic (exact) mass is 445 g/mol. The first-order chi connectivity index (χ1) is 11.1. The highest BCUT2D eigenvalue weighted by Crippen LogP contribution is 2.35. The molecule has 2 N–H and O–H groups in total. The first-order valence-corrected chi connectivity index (χ1v) is 8.48.